The number of rotatable bonds is 5. The molecule has 3 rings (SSSR count). The number of aldehydes is 1. The summed E-state index contributed by atoms with van der Waals surface area (Å²) in [6, 6.07) is 0.695. The van der Waals surface area contributed by atoms with E-state index >= 15 is 0 Å². The summed E-state index contributed by atoms with van der Waals surface area (Å²) in [5, 5.41) is 3.05. The van der Waals surface area contributed by atoms with Gasteiger partial charge in [-0.05, 0) is 32.6 Å². The largest absolute Gasteiger partial charge is 0.381 e. The first-order chi connectivity index (χ1) is 12.5. The molecule has 0 radical (unpaired) electrons. The second-order valence-corrected chi connectivity index (χ2v) is 8.37. The lowest BCUT2D eigenvalue weighted by Gasteiger charge is -2.45. The van der Waals surface area contributed by atoms with E-state index in [1.165, 1.54) is 0 Å². The second-order valence-electron chi connectivity index (χ2n) is 7.87. The zero-order valence-corrected chi connectivity index (χ0v) is 16.5. The number of ether oxygens (including phenoxy) is 3. The van der Waals surface area contributed by atoms with Crippen LogP contribution >= 0.6 is 11.6 Å². The Hall–Kier alpha value is -0.530. The summed E-state index contributed by atoms with van der Waals surface area (Å²) in [5.74, 6) is -0.361. The molecule has 3 aliphatic rings. The summed E-state index contributed by atoms with van der Waals surface area (Å²) >= 11 is 6.58. The van der Waals surface area contributed by atoms with E-state index in [0.29, 0.717) is 18.9 Å². The van der Waals surface area contributed by atoms with Gasteiger partial charge in [0.2, 0.25) is 0 Å². The molecule has 0 aromatic heterocycles. The average Bonchev–Trinajstić information content (AvgIpc) is 2.64. The van der Waals surface area contributed by atoms with Gasteiger partial charge < -0.3 is 24.3 Å². The van der Waals surface area contributed by atoms with Gasteiger partial charge in [-0.15, -0.1) is 11.6 Å². The standard InChI is InChI=1S/C19H30ClNO5/c1-10-4-5-11-13(21-10)6-7-14(18(11)23)26-19-12(9-22)15(24-2)8-16(25-3)17(19)20/h9-17,19,21H,4-8H2,1-3H3. The van der Waals surface area contributed by atoms with Crippen molar-refractivity contribution in [2.24, 2.45) is 11.8 Å². The highest BCUT2D eigenvalue weighted by Crippen LogP contribution is 2.37. The van der Waals surface area contributed by atoms with E-state index in [-0.39, 0.29) is 30.0 Å². The minimum atomic E-state index is -0.584. The number of carbonyl (C=O) groups is 2. The number of hydrogen-bond acceptors (Lipinski definition) is 6. The molecule has 1 heterocycles. The van der Waals surface area contributed by atoms with Crippen LogP contribution < -0.4 is 5.32 Å². The number of halogens is 1. The van der Waals surface area contributed by atoms with Crippen molar-refractivity contribution >= 4 is 23.7 Å². The number of Topliss-reactive ketones (excluding diaryl/α,β-unsaturated/α-hetero) is 1. The Kier molecular flexibility index (Phi) is 6.73. The van der Waals surface area contributed by atoms with Gasteiger partial charge in [0.25, 0.3) is 0 Å². The lowest BCUT2D eigenvalue weighted by Crippen LogP contribution is -2.58. The average molecular weight is 388 g/mol. The number of ketones is 1. The van der Waals surface area contributed by atoms with E-state index in [4.69, 9.17) is 25.8 Å². The van der Waals surface area contributed by atoms with Gasteiger partial charge in [0, 0.05) is 38.6 Å². The van der Waals surface area contributed by atoms with E-state index in [0.717, 1.165) is 25.5 Å². The number of fused-ring (bicyclic) bond motifs is 1. The summed E-state index contributed by atoms with van der Waals surface area (Å²) in [4.78, 5) is 24.7. The number of carbonyl (C=O) groups excluding carboxylic acids is 2. The third-order valence-corrected chi connectivity index (χ3v) is 6.87. The molecule has 3 fully saturated rings. The van der Waals surface area contributed by atoms with Crippen LogP contribution in [0.3, 0.4) is 0 Å². The van der Waals surface area contributed by atoms with Crippen molar-refractivity contribution in [2.45, 2.75) is 80.9 Å². The number of hydrogen-bond donors (Lipinski definition) is 1. The molecule has 1 saturated heterocycles. The SMILES string of the molecule is COC1CC(OC)C(C=O)C(OC2CCC3NC(C)CCC3C2=O)C1Cl. The van der Waals surface area contributed by atoms with Crippen molar-refractivity contribution in [3.8, 4) is 0 Å². The van der Waals surface area contributed by atoms with Crippen molar-refractivity contribution in [3.63, 3.8) is 0 Å². The van der Waals surface area contributed by atoms with Crippen LogP contribution in [-0.2, 0) is 23.8 Å². The lowest BCUT2D eigenvalue weighted by molar-refractivity contribution is -0.166. The zero-order valence-electron chi connectivity index (χ0n) is 15.7. The molecule has 9 unspecified atom stereocenters. The predicted molar refractivity (Wildman–Crippen MR) is 97.4 cm³/mol. The molecule has 2 aliphatic carbocycles. The molecule has 148 valence electrons. The Morgan fingerprint density at radius 3 is 2.50 bits per heavy atom. The fourth-order valence-electron chi connectivity index (χ4n) is 4.82. The van der Waals surface area contributed by atoms with Crippen LogP contribution in [0.15, 0.2) is 0 Å². The van der Waals surface area contributed by atoms with Gasteiger partial charge in [-0.1, -0.05) is 0 Å². The maximum absolute atomic E-state index is 13.0. The Balaban J connectivity index is 1.73. The maximum Gasteiger partial charge on any atom is 0.166 e. The molecule has 1 aliphatic heterocycles. The zero-order chi connectivity index (χ0) is 18.8. The first kappa shape index (κ1) is 20.2. The lowest BCUT2D eigenvalue weighted by atomic mass is 9.75. The van der Waals surface area contributed by atoms with Crippen LogP contribution in [0.5, 0.6) is 0 Å². The predicted octanol–water partition coefficient (Wildman–Crippen LogP) is 1.72. The Morgan fingerprint density at radius 1 is 1.12 bits per heavy atom. The minimum Gasteiger partial charge on any atom is -0.381 e. The van der Waals surface area contributed by atoms with Crippen LogP contribution in [0, 0.1) is 11.8 Å². The number of piperidine rings is 1. The second kappa shape index (κ2) is 8.65. The quantitative estimate of drug-likeness (QED) is 0.572. The summed E-state index contributed by atoms with van der Waals surface area (Å²) < 4.78 is 17.1. The van der Waals surface area contributed by atoms with Crippen LogP contribution in [0.2, 0.25) is 0 Å². The molecule has 2 saturated carbocycles. The van der Waals surface area contributed by atoms with E-state index < -0.39 is 23.5 Å². The smallest absolute Gasteiger partial charge is 0.166 e. The molecule has 0 bridgehead atoms. The summed E-state index contributed by atoms with van der Waals surface area (Å²) in [6.07, 6.45) is 3.15. The monoisotopic (exact) mass is 387 g/mol. The van der Waals surface area contributed by atoms with Crippen LogP contribution in [0.4, 0.5) is 0 Å². The van der Waals surface area contributed by atoms with Gasteiger partial charge in [-0.3, -0.25) is 4.79 Å². The van der Waals surface area contributed by atoms with Crippen molar-refractivity contribution < 1.29 is 23.8 Å². The molecule has 0 spiro atoms. The molecular weight excluding hydrogens is 358 g/mol. The molecule has 1 N–H and O–H groups in total. The van der Waals surface area contributed by atoms with Gasteiger partial charge in [-0.25, -0.2) is 0 Å². The fourth-order valence-corrected chi connectivity index (χ4v) is 5.25. The van der Waals surface area contributed by atoms with Gasteiger partial charge in [0.15, 0.2) is 5.78 Å². The number of nitrogens with one attached hydrogen (secondary N) is 1. The fraction of sp³-hybridized carbons (Fsp3) is 0.895. The number of alkyl halides is 1. The summed E-state index contributed by atoms with van der Waals surface area (Å²) in [6.45, 7) is 2.16. The minimum absolute atomic E-state index is 0.00607. The highest BCUT2D eigenvalue weighted by atomic mass is 35.5. The van der Waals surface area contributed by atoms with Crippen LogP contribution in [0.1, 0.15) is 39.0 Å². The van der Waals surface area contributed by atoms with Crippen molar-refractivity contribution in [1.82, 2.24) is 5.32 Å². The molecule has 6 nitrogen and oxygen atoms in total. The Labute approximate surface area is 160 Å². The van der Waals surface area contributed by atoms with E-state index in [1.54, 1.807) is 14.2 Å². The van der Waals surface area contributed by atoms with E-state index in [2.05, 4.69) is 12.2 Å². The third kappa shape index (κ3) is 3.85. The molecule has 7 heteroatoms. The van der Waals surface area contributed by atoms with Gasteiger partial charge in [-0.2, -0.15) is 0 Å². The van der Waals surface area contributed by atoms with Crippen LogP contribution in [-0.4, -0.2) is 68.2 Å². The van der Waals surface area contributed by atoms with Crippen LogP contribution in [0.25, 0.3) is 0 Å². The third-order valence-electron chi connectivity index (χ3n) is 6.34. The van der Waals surface area contributed by atoms with Gasteiger partial charge in [0.05, 0.1) is 29.6 Å². The Bertz CT molecular complexity index is 518. The first-order valence-electron chi connectivity index (χ1n) is 9.60. The molecule has 0 aromatic carbocycles. The molecule has 0 aromatic rings. The van der Waals surface area contributed by atoms with Crippen molar-refractivity contribution in [2.75, 3.05) is 14.2 Å². The topological polar surface area (TPSA) is 73.9 Å². The highest BCUT2D eigenvalue weighted by Gasteiger charge is 2.49. The molecule has 26 heavy (non-hydrogen) atoms. The maximum atomic E-state index is 13.0. The van der Waals surface area contributed by atoms with E-state index in [1.807, 2.05) is 0 Å². The molecule has 9 atom stereocenters. The van der Waals surface area contributed by atoms with Crippen molar-refractivity contribution in [1.29, 1.82) is 0 Å². The first-order valence-corrected chi connectivity index (χ1v) is 10.0. The van der Waals surface area contributed by atoms with E-state index in [9.17, 15) is 9.59 Å². The van der Waals surface area contributed by atoms with Gasteiger partial charge in [0.1, 0.15) is 12.4 Å². The molecular formula is C19H30ClNO5. The van der Waals surface area contributed by atoms with Crippen molar-refractivity contribution in [3.05, 3.63) is 0 Å². The normalized spacial score (nSPS) is 46.6. The van der Waals surface area contributed by atoms with Gasteiger partial charge >= 0.3 is 0 Å². The molecule has 0 amide bonds. The summed E-state index contributed by atoms with van der Waals surface area (Å²) in [7, 11) is 3.17. The summed E-state index contributed by atoms with van der Waals surface area (Å²) in [5.41, 5.74) is 0. The number of methoxy groups -OCH3 is 2. The Morgan fingerprint density at radius 2 is 1.85 bits per heavy atom. The highest BCUT2D eigenvalue weighted by molar-refractivity contribution is 6.21.